The van der Waals surface area contributed by atoms with Gasteiger partial charge in [-0.05, 0) is 42.7 Å². The molecule has 7 rings (SSSR count). The molecule has 0 bridgehead atoms. The fourth-order valence-corrected chi connectivity index (χ4v) is 9.19. The Hall–Kier alpha value is -5.55. The number of nitrogens with one attached hydrogen (secondary N) is 2. The summed E-state index contributed by atoms with van der Waals surface area (Å²) in [6.45, 7) is 5.10. The number of piperazine rings is 1. The minimum absolute atomic E-state index is 0.0659. The number of carbonyl (C=O) groups excluding carboxylic acids is 4. The topological polar surface area (TPSA) is 287 Å². The molecule has 0 saturated carbocycles. The van der Waals surface area contributed by atoms with Crippen molar-refractivity contribution >= 4 is 52.0 Å². The molecule has 66 heavy (non-hydrogen) atoms. The molecule has 0 aliphatic carbocycles. The number of aromatic nitrogens is 3. The Balaban J connectivity index is 0.966. The number of amides is 4. The maximum atomic E-state index is 14.0. The molecule has 23 nitrogen and oxygen atoms in total. The van der Waals surface area contributed by atoms with Crippen LogP contribution >= 0.6 is 0 Å². The number of anilines is 3. The maximum absolute atomic E-state index is 14.0. The van der Waals surface area contributed by atoms with Gasteiger partial charge in [-0.2, -0.15) is 5.26 Å². The maximum Gasteiger partial charge on any atom is 0.331 e. The highest BCUT2D eigenvalue weighted by Crippen LogP contribution is 2.33. The van der Waals surface area contributed by atoms with Crippen molar-refractivity contribution in [3.63, 3.8) is 0 Å². The SMILES string of the molecule is CO[C@@H]1OC(CO)[C@@H](O)[C@H](O[C@@H]2OC(C(=O)N3CCN(c4ccc(NC(=O)n5ccc6c(N(C)[C@H]7CN(C(=O)CC#N)CC[C@H]7C)ncnc65)cc4)CC3)[C@@H](OC)[C@H](O)C2O)C1NC(C)=O. The second kappa shape index (κ2) is 21.0. The number of carbonyl (C=O) groups is 4. The normalized spacial score (nSPS) is 30.4. The van der Waals surface area contributed by atoms with E-state index in [1.54, 1.807) is 34.2 Å². The number of likely N-dealkylation sites (N-methyl/N-ethyl adjacent to an activating group) is 1. The van der Waals surface area contributed by atoms with Crippen LogP contribution in [-0.4, -0.2) is 203 Å². The molecule has 4 saturated heterocycles. The summed E-state index contributed by atoms with van der Waals surface area (Å²) in [7, 11) is 4.47. The molecule has 6 heterocycles. The lowest BCUT2D eigenvalue weighted by Crippen LogP contribution is -2.69. The fraction of sp³-hybridized carbons (Fsp3) is 0.605. The van der Waals surface area contributed by atoms with E-state index in [-0.39, 0.29) is 37.4 Å². The zero-order valence-electron chi connectivity index (χ0n) is 37.4. The van der Waals surface area contributed by atoms with Crippen molar-refractivity contribution in [1.29, 1.82) is 5.26 Å². The van der Waals surface area contributed by atoms with E-state index in [9.17, 15) is 39.6 Å². The number of ether oxygens (including phenoxy) is 5. The molecule has 4 unspecified atom stereocenters. The van der Waals surface area contributed by atoms with Crippen LogP contribution in [0.4, 0.5) is 22.0 Å². The molecule has 1 aromatic carbocycles. The second-order valence-corrected chi connectivity index (χ2v) is 16.9. The first-order valence-corrected chi connectivity index (χ1v) is 21.8. The van der Waals surface area contributed by atoms with Gasteiger partial charge < -0.3 is 74.3 Å². The Morgan fingerprint density at radius 3 is 2.30 bits per heavy atom. The van der Waals surface area contributed by atoms with Crippen LogP contribution in [0.15, 0.2) is 42.9 Å². The Bertz CT molecular complexity index is 2240. The molecule has 0 spiro atoms. The van der Waals surface area contributed by atoms with Crippen molar-refractivity contribution in [2.45, 2.75) is 94.1 Å². The number of rotatable bonds is 12. The first kappa shape index (κ1) is 48.4. The highest BCUT2D eigenvalue weighted by Gasteiger charge is 2.54. The van der Waals surface area contributed by atoms with Gasteiger partial charge in [0.15, 0.2) is 24.3 Å². The van der Waals surface area contributed by atoms with Crippen LogP contribution in [0.3, 0.4) is 0 Å². The molecular weight excluding hydrogens is 865 g/mol. The summed E-state index contributed by atoms with van der Waals surface area (Å²) in [5.41, 5.74) is 1.78. The summed E-state index contributed by atoms with van der Waals surface area (Å²) < 4.78 is 29.8. The number of aliphatic hydroxyl groups is 4. The summed E-state index contributed by atoms with van der Waals surface area (Å²) in [5, 5.41) is 58.3. The smallest absolute Gasteiger partial charge is 0.331 e. The third-order valence-electron chi connectivity index (χ3n) is 12.9. The largest absolute Gasteiger partial charge is 0.394 e. The molecular formula is C43H58N10O13. The van der Waals surface area contributed by atoms with E-state index >= 15 is 0 Å². The van der Waals surface area contributed by atoms with Gasteiger partial charge in [0.1, 0.15) is 61.2 Å². The summed E-state index contributed by atoms with van der Waals surface area (Å²) in [6.07, 6.45) is -9.48. The zero-order chi connectivity index (χ0) is 47.4. The molecule has 2 aromatic heterocycles. The lowest BCUT2D eigenvalue weighted by atomic mass is 9.92. The average molecular weight is 923 g/mol. The molecule has 4 aliphatic heterocycles. The molecule has 4 fully saturated rings. The number of benzene rings is 1. The van der Waals surface area contributed by atoms with Crippen LogP contribution in [0.2, 0.25) is 0 Å². The van der Waals surface area contributed by atoms with E-state index in [1.807, 2.05) is 30.1 Å². The van der Waals surface area contributed by atoms with Crippen LogP contribution in [0, 0.1) is 17.2 Å². The van der Waals surface area contributed by atoms with Crippen LogP contribution in [0.1, 0.15) is 26.7 Å². The molecule has 4 amide bonds. The van der Waals surface area contributed by atoms with Crippen LogP contribution < -0.4 is 20.4 Å². The predicted octanol–water partition coefficient (Wildman–Crippen LogP) is -1.18. The van der Waals surface area contributed by atoms with E-state index in [1.165, 1.54) is 32.0 Å². The van der Waals surface area contributed by atoms with Gasteiger partial charge in [0, 0.05) is 85.0 Å². The number of hydrogen-bond donors (Lipinski definition) is 6. The van der Waals surface area contributed by atoms with Gasteiger partial charge >= 0.3 is 6.03 Å². The number of nitrogens with zero attached hydrogens (tertiary/aromatic N) is 8. The van der Waals surface area contributed by atoms with Gasteiger partial charge in [0.2, 0.25) is 11.8 Å². The van der Waals surface area contributed by atoms with Crippen LogP contribution in [0.25, 0.3) is 11.0 Å². The number of likely N-dealkylation sites (tertiary alicyclic amines) is 1. The highest BCUT2D eigenvalue weighted by molar-refractivity contribution is 6.00. The average Bonchev–Trinajstić information content (AvgIpc) is 3.76. The van der Waals surface area contributed by atoms with Gasteiger partial charge in [-0.15, -0.1) is 0 Å². The standard InChI is InChI=1S/C43H58N10O13/c1-23-11-14-52(30(56)10-13-44)20-28(23)49(3)38-27-12-15-53(39(27)46-22-45-38)43(61)48-25-6-8-26(9-7-25)50-16-18-51(19-17-50)40(60)37-36(62-4)33(58)34(59)42(66-37)65-35-31(47-24(2)55)41(63-5)64-29(21-54)32(35)57/h6-9,12,15,22-23,28-29,31-37,41-42,54,57-59H,10-11,14,16-21H2,1-5H3,(H,47,55)(H,48,61)/t23-,28+,29?,31?,32-,33-,34?,35-,36+,37?,41-,42-/m1/s1. The minimum atomic E-state index is -1.75. The lowest BCUT2D eigenvalue weighted by Gasteiger charge is -2.48. The lowest BCUT2D eigenvalue weighted by molar-refractivity contribution is -0.339. The van der Waals surface area contributed by atoms with Gasteiger partial charge in [-0.25, -0.2) is 14.8 Å². The minimum Gasteiger partial charge on any atom is -0.394 e. The molecule has 358 valence electrons. The Kier molecular flexibility index (Phi) is 15.4. The molecule has 3 aromatic rings. The Morgan fingerprint density at radius 1 is 0.924 bits per heavy atom. The Labute approximate surface area is 380 Å². The van der Waals surface area contributed by atoms with E-state index in [0.717, 1.165) is 12.1 Å². The van der Waals surface area contributed by atoms with E-state index in [0.29, 0.717) is 48.7 Å². The molecule has 23 heteroatoms. The van der Waals surface area contributed by atoms with Gasteiger partial charge in [0.25, 0.3) is 5.91 Å². The van der Waals surface area contributed by atoms with Crippen LogP contribution in [-0.2, 0) is 38.1 Å². The van der Waals surface area contributed by atoms with Crippen molar-refractivity contribution in [3.05, 3.63) is 42.9 Å². The third kappa shape index (κ3) is 9.92. The molecule has 12 atom stereocenters. The Morgan fingerprint density at radius 2 is 1.65 bits per heavy atom. The summed E-state index contributed by atoms with van der Waals surface area (Å²) in [5.74, 6) is -0.388. The molecule has 4 aliphatic rings. The molecule has 6 N–H and O–H groups in total. The number of piperidine rings is 1. The quantitative estimate of drug-likeness (QED) is 0.125. The number of methoxy groups -OCH3 is 2. The van der Waals surface area contributed by atoms with Crippen molar-refractivity contribution in [2.75, 3.05) is 82.3 Å². The van der Waals surface area contributed by atoms with Crippen molar-refractivity contribution in [2.24, 2.45) is 5.92 Å². The third-order valence-corrected chi connectivity index (χ3v) is 12.9. The number of fused-ring (bicyclic) bond motifs is 1. The summed E-state index contributed by atoms with van der Waals surface area (Å²) >= 11 is 0. The number of hydrogen-bond acceptors (Lipinski definition) is 18. The number of nitriles is 1. The van der Waals surface area contributed by atoms with Crippen LogP contribution in [0.5, 0.6) is 0 Å². The number of aliphatic hydroxyl groups excluding tert-OH is 4. The van der Waals surface area contributed by atoms with E-state index in [4.69, 9.17) is 28.9 Å². The van der Waals surface area contributed by atoms with Gasteiger partial charge in [0.05, 0.1) is 24.1 Å². The monoisotopic (exact) mass is 922 g/mol. The van der Waals surface area contributed by atoms with Gasteiger partial charge in [-0.3, -0.25) is 19.0 Å². The first-order valence-electron chi connectivity index (χ1n) is 21.8. The second-order valence-electron chi connectivity index (χ2n) is 16.9. The van der Waals surface area contributed by atoms with E-state index in [2.05, 4.69) is 32.4 Å². The highest BCUT2D eigenvalue weighted by atomic mass is 16.7. The van der Waals surface area contributed by atoms with Crippen molar-refractivity contribution < 1.29 is 63.3 Å². The predicted molar refractivity (Wildman–Crippen MR) is 233 cm³/mol. The zero-order valence-corrected chi connectivity index (χ0v) is 37.4. The first-order chi connectivity index (χ1) is 31.7. The van der Waals surface area contributed by atoms with Crippen molar-refractivity contribution in [3.8, 4) is 6.07 Å². The van der Waals surface area contributed by atoms with Crippen molar-refractivity contribution in [1.82, 2.24) is 29.7 Å². The molecule has 0 radical (unpaired) electrons. The summed E-state index contributed by atoms with van der Waals surface area (Å²) in [6, 6.07) is 9.32. The van der Waals surface area contributed by atoms with Gasteiger partial charge in [-0.1, -0.05) is 6.92 Å². The fourth-order valence-electron chi connectivity index (χ4n) is 9.19. The van der Waals surface area contributed by atoms with E-state index < -0.39 is 85.8 Å². The summed E-state index contributed by atoms with van der Waals surface area (Å²) in [4.78, 5) is 68.6.